The zero-order valence-electron chi connectivity index (χ0n) is 16.8. The molecule has 2 atom stereocenters. The number of hydrogen-bond donors (Lipinski definition) is 4. The van der Waals surface area contributed by atoms with Crippen LogP contribution in [0.25, 0.3) is 0 Å². The fraction of sp³-hybridized carbons (Fsp3) is 0.850. The van der Waals surface area contributed by atoms with Crippen LogP contribution >= 0.6 is 0 Å². The summed E-state index contributed by atoms with van der Waals surface area (Å²) in [7, 11) is 0. The van der Waals surface area contributed by atoms with Gasteiger partial charge in [-0.05, 0) is 51.0 Å². The molecule has 0 spiro atoms. The summed E-state index contributed by atoms with van der Waals surface area (Å²) in [4.78, 5) is 38.4. The molecule has 0 aromatic rings. The summed E-state index contributed by atoms with van der Waals surface area (Å²) in [6, 6.07) is -0.0699. The molecule has 3 rings (SSSR count). The molecular formula is C20H35N5O3. The predicted molar refractivity (Wildman–Crippen MR) is 107 cm³/mol. The maximum Gasteiger partial charge on any atom is 0.315 e. The Morgan fingerprint density at radius 3 is 2.50 bits per heavy atom. The van der Waals surface area contributed by atoms with Crippen LogP contribution in [0.1, 0.15) is 57.8 Å². The lowest BCUT2D eigenvalue weighted by Gasteiger charge is -2.33. The smallest absolute Gasteiger partial charge is 0.315 e. The van der Waals surface area contributed by atoms with Crippen molar-refractivity contribution < 1.29 is 14.4 Å². The average molecular weight is 394 g/mol. The Bertz CT molecular complexity index is 544. The van der Waals surface area contributed by atoms with E-state index in [9.17, 15) is 14.4 Å². The van der Waals surface area contributed by atoms with Crippen LogP contribution in [0, 0.1) is 5.92 Å². The molecule has 158 valence electrons. The number of rotatable bonds is 6. The number of amides is 4. The lowest BCUT2D eigenvalue weighted by Crippen LogP contribution is -2.50. The van der Waals surface area contributed by atoms with Crippen LogP contribution in [0.2, 0.25) is 0 Å². The minimum absolute atomic E-state index is 0.0314. The molecule has 0 radical (unpaired) electrons. The van der Waals surface area contributed by atoms with Crippen LogP contribution in [0.5, 0.6) is 0 Å². The molecule has 0 bridgehead atoms. The SMILES string of the molecule is O=C(NCC(=O)N1CCCC(CNC(=O)C2CCCN2)C1)NC1CCCCC1. The summed E-state index contributed by atoms with van der Waals surface area (Å²) >= 11 is 0. The van der Waals surface area contributed by atoms with Crippen molar-refractivity contribution in [3.63, 3.8) is 0 Å². The lowest BCUT2D eigenvalue weighted by molar-refractivity contribution is -0.131. The largest absolute Gasteiger partial charge is 0.354 e. The Labute approximate surface area is 167 Å². The first-order chi connectivity index (χ1) is 13.6. The number of piperidine rings is 1. The second-order valence-corrected chi connectivity index (χ2v) is 8.40. The first-order valence-electron chi connectivity index (χ1n) is 10.9. The number of nitrogens with one attached hydrogen (secondary N) is 4. The van der Waals surface area contributed by atoms with Crippen LogP contribution in [-0.4, -0.2) is 67.6 Å². The van der Waals surface area contributed by atoms with Crippen molar-refractivity contribution in [2.24, 2.45) is 5.92 Å². The number of carbonyl (C=O) groups excluding carboxylic acids is 3. The van der Waals surface area contributed by atoms with E-state index in [0.717, 1.165) is 64.5 Å². The Hall–Kier alpha value is -1.83. The molecule has 8 heteroatoms. The predicted octanol–water partition coefficient (Wildman–Crippen LogP) is 0.725. The van der Waals surface area contributed by atoms with Gasteiger partial charge >= 0.3 is 6.03 Å². The van der Waals surface area contributed by atoms with E-state index in [1.54, 1.807) is 0 Å². The molecule has 2 saturated heterocycles. The van der Waals surface area contributed by atoms with Gasteiger partial charge in [-0.1, -0.05) is 19.3 Å². The standard InChI is InChI=1S/C20H35N5O3/c26-18(13-23-20(28)24-16-7-2-1-3-8-16)25-11-5-6-15(14-25)12-22-19(27)17-9-4-10-21-17/h15-17,21H,1-14H2,(H,22,27)(H2,23,24,28). The van der Waals surface area contributed by atoms with Gasteiger partial charge in [0.1, 0.15) is 0 Å². The minimum Gasteiger partial charge on any atom is -0.354 e. The maximum absolute atomic E-state index is 12.5. The Morgan fingerprint density at radius 2 is 1.75 bits per heavy atom. The van der Waals surface area contributed by atoms with E-state index in [1.165, 1.54) is 6.42 Å². The van der Waals surface area contributed by atoms with E-state index in [1.807, 2.05) is 4.90 Å². The van der Waals surface area contributed by atoms with Gasteiger partial charge < -0.3 is 26.2 Å². The molecule has 3 aliphatic rings. The summed E-state index contributed by atoms with van der Waals surface area (Å²) in [6.07, 6.45) is 9.50. The van der Waals surface area contributed by atoms with Crippen molar-refractivity contribution in [2.75, 3.05) is 32.7 Å². The molecule has 0 aromatic carbocycles. The third kappa shape index (κ3) is 6.36. The van der Waals surface area contributed by atoms with Gasteiger partial charge in [-0.3, -0.25) is 9.59 Å². The monoisotopic (exact) mass is 393 g/mol. The summed E-state index contributed by atoms with van der Waals surface area (Å²) in [6.45, 7) is 2.91. The van der Waals surface area contributed by atoms with Gasteiger partial charge in [0.25, 0.3) is 0 Å². The van der Waals surface area contributed by atoms with Crippen molar-refractivity contribution in [3.8, 4) is 0 Å². The van der Waals surface area contributed by atoms with Gasteiger partial charge in [0.05, 0.1) is 12.6 Å². The number of hydrogen-bond acceptors (Lipinski definition) is 4. The molecule has 1 saturated carbocycles. The second-order valence-electron chi connectivity index (χ2n) is 8.40. The van der Waals surface area contributed by atoms with Gasteiger partial charge in [0.15, 0.2) is 0 Å². The van der Waals surface area contributed by atoms with E-state index in [4.69, 9.17) is 0 Å². The van der Waals surface area contributed by atoms with Gasteiger partial charge in [-0.25, -0.2) is 4.79 Å². The molecule has 1 aliphatic carbocycles. The highest BCUT2D eigenvalue weighted by molar-refractivity contribution is 5.84. The Morgan fingerprint density at radius 1 is 0.929 bits per heavy atom. The van der Waals surface area contributed by atoms with Crippen LogP contribution in [-0.2, 0) is 9.59 Å². The number of nitrogens with zero attached hydrogens (tertiary/aromatic N) is 1. The minimum atomic E-state index is -0.245. The molecule has 28 heavy (non-hydrogen) atoms. The second kappa shape index (κ2) is 10.6. The van der Waals surface area contributed by atoms with Gasteiger partial charge in [0.2, 0.25) is 11.8 Å². The lowest BCUT2D eigenvalue weighted by atomic mass is 9.96. The summed E-state index contributed by atoms with van der Waals surface area (Å²) in [5, 5.41) is 11.9. The molecular weight excluding hydrogens is 358 g/mol. The molecule has 8 nitrogen and oxygen atoms in total. The van der Waals surface area contributed by atoms with Crippen molar-refractivity contribution in [1.82, 2.24) is 26.2 Å². The highest BCUT2D eigenvalue weighted by Gasteiger charge is 2.26. The van der Waals surface area contributed by atoms with Crippen LogP contribution < -0.4 is 21.3 Å². The zero-order chi connectivity index (χ0) is 19.8. The highest BCUT2D eigenvalue weighted by atomic mass is 16.2. The summed E-state index contributed by atoms with van der Waals surface area (Å²) in [5.74, 6) is 0.299. The summed E-state index contributed by atoms with van der Waals surface area (Å²) < 4.78 is 0. The fourth-order valence-corrected chi connectivity index (χ4v) is 4.49. The van der Waals surface area contributed by atoms with Crippen LogP contribution in [0.4, 0.5) is 4.79 Å². The van der Waals surface area contributed by atoms with Crippen molar-refractivity contribution in [2.45, 2.75) is 69.9 Å². The maximum atomic E-state index is 12.5. The molecule has 4 N–H and O–H groups in total. The van der Waals surface area contributed by atoms with Gasteiger partial charge in [0, 0.05) is 25.7 Å². The summed E-state index contributed by atoms with van der Waals surface area (Å²) in [5.41, 5.74) is 0. The molecule has 0 aromatic heterocycles. The van der Waals surface area contributed by atoms with E-state index < -0.39 is 0 Å². The molecule has 2 unspecified atom stereocenters. The van der Waals surface area contributed by atoms with Crippen molar-refractivity contribution in [1.29, 1.82) is 0 Å². The van der Waals surface area contributed by atoms with E-state index in [2.05, 4.69) is 21.3 Å². The number of urea groups is 1. The first kappa shape index (κ1) is 20.9. The van der Waals surface area contributed by atoms with Crippen molar-refractivity contribution in [3.05, 3.63) is 0 Å². The van der Waals surface area contributed by atoms with Gasteiger partial charge in [-0.15, -0.1) is 0 Å². The molecule has 2 heterocycles. The quantitative estimate of drug-likeness (QED) is 0.534. The fourth-order valence-electron chi connectivity index (χ4n) is 4.49. The van der Waals surface area contributed by atoms with Crippen molar-refractivity contribution >= 4 is 17.8 Å². The third-order valence-corrected chi connectivity index (χ3v) is 6.15. The Kier molecular flexibility index (Phi) is 7.94. The van der Waals surface area contributed by atoms with E-state index >= 15 is 0 Å². The molecule has 4 amide bonds. The first-order valence-corrected chi connectivity index (χ1v) is 10.9. The normalized spacial score (nSPS) is 25.9. The number of carbonyl (C=O) groups is 3. The highest BCUT2D eigenvalue weighted by Crippen LogP contribution is 2.17. The number of likely N-dealkylation sites (tertiary alicyclic amines) is 1. The molecule has 3 fully saturated rings. The van der Waals surface area contributed by atoms with Gasteiger partial charge in [-0.2, -0.15) is 0 Å². The Balaban J connectivity index is 1.34. The van der Waals surface area contributed by atoms with E-state index in [0.29, 0.717) is 13.1 Å². The topological polar surface area (TPSA) is 103 Å². The average Bonchev–Trinajstić information content (AvgIpc) is 3.26. The zero-order valence-corrected chi connectivity index (χ0v) is 16.8. The molecule has 2 aliphatic heterocycles. The van der Waals surface area contributed by atoms with Crippen LogP contribution in [0.15, 0.2) is 0 Å². The van der Waals surface area contributed by atoms with Crippen LogP contribution in [0.3, 0.4) is 0 Å². The van der Waals surface area contributed by atoms with E-state index in [-0.39, 0.29) is 42.4 Å². The third-order valence-electron chi connectivity index (χ3n) is 6.15.